The number of thiophene rings is 1. The van der Waals surface area contributed by atoms with Crippen LogP contribution < -0.4 is 5.32 Å². The molecule has 0 atom stereocenters. The number of carbonyl (C=O) groups is 1. The zero-order chi connectivity index (χ0) is 16.1. The van der Waals surface area contributed by atoms with E-state index in [2.05, 4.69) is 10.3 Å². The van der Waals surface area contributed by atoms with Crippen molar-refractivity contribution in [1.82, 2.24) is 14.9 Å². The fourth-order valence-electron chi connectivity index (χ4n) is 2.53. The van der Waals surface area contributed by atoms with Gasteiger partial charge in [0.1, 0.15) is 10.8 Å². The summed E-state index contributed by atoms with van der Waals surface area (Å²) in [5.41, 5.74) is 0.871. The van der Waals surface area contributed by atoms with Gasteiger partial charge < -0.3 is 5.32 Å². The normalized spacial score (nSPS) is 14.4. The molecule has 2 heterocycles. The minimum absolute atomic E-state index is 0.0944. The van der Waals surface area contributed by atoms with E-state index in [0.717, 1.165) is 30.0 Å². The average molecular weight is 333 g/mol. The lowest BCUT2D eigenvalue weighted by Crippen LogP contribution is -2.24. The highest BCUT2D eigenvalue weighted by molar-refractivity contribution is 7.16. The van der Waals surface area contributed by atoms with Crippen LogP contribution in [0.15, 0.2) is 24.3 Å². The second kappa shape index (κ2) is 5.13. The van der Waals surface area contributed by atoms with Gasteiger partial charge in [-0.05, 0) is 31.9 Å². The summed E-state index contributed by atoms with van der Waals surface area (Å²) in [6.07, 6.45) is 2.06. The van der Waals surface area contributed by atoms with Gasteiger partial charge in [-0.3, -0.25) is 9.36 Å². The summed E-state index contributed by atoms with van der Waals surface area (Å²) < 4.78 is 28.6. The van der Waals surface area contributed by atoms with E-state index < -0.39 is 11.6 Å². The SMILES string of the molecule is Cc1nc2cc(F)c(F)cc2n1-c1ccc(C(=O)NC2CC2)s1. The minimum atomic E-state index is -0.919. The molecule has 2 aromatic heterocycles. The molecule has 1 aliphatic rings. The number of aromatic nitrogens is 2. The Morgan fingerprint density at radius 3 is 2.78 bits per heavy atom. The van der Waals surface area contributed by atoms with Crippen molar-refractivity contribution >= 4 is 28.3 Å². The van der Waals surface area contributed by atoms with E-state index in [9.17, 15) is 13.6 Å². The summed E-state index contributed by atoms with van der Waals surface area (Å²) in [5.74, 6) is -1.32. The van der Waals surface area contributed by atoms with Crippen LogP contribution in [0.25, 0.3) is 16.0 Å². The summed E-state index contributed by atoms with van der Waals surface area (Å²) >= 11 is 1.30. The first-order valence-electron chi connectivity index (χ1n) is 7.28. The second-order valence-corrected chi connectivity index (χ2v) is 6.70. The number of halogens is 2. The molecule has 0 radical (unpaired) electrons. The molecule has 0 unspecified atom stereocenters. The van der Waals surface area contributed by atoms with E-state index in [1.807, 2.05) is 0 Å². The van der Waals surface area contributed by atoms with Gasteiger partial charge >= 0.3 is 0 Å². The predicted molar refractivity (Wildman–Crippen MR) is 84.1 cm³/mol. The lowest BCUT2D eigenvalue weighted by Gasteiger charge is -2.04. The average Bonchev–Trinajstić information content (AvgIpc) is 3.07. The van der Waals surface area contributed by atoms with Crippen LogP contribution >= 0.6 is 11.3 Å². The second-order valence-electron chi connectivity index (χ2n) is 5.64. The molecule has 23 heavy (non-hydrogen) atoms. The third-order valence-electron chi connectivity index (χ3n) is 3.81. The first-order chi connectivity index (χ1) is 11.0. The highest BCUT2D eigenvalue weighted by Gasteiger charge is 2.24. The molecule has 0 spiro atoms. The maximum absolute atomic E-state index is 13.6. The lowest BCUT2D eigenvalue weighted by atomic mass is 10.3. The smallest absolute Gasteiger partial charge is 0.261 e. The summed E-state index contributed by atoms with van der Waals surface area (Å²) in [6, 6.07) is 6.04. The summed E-state index contributed by atoms with van der Waals surface area (Å²) in [5, 5.41) is 3.68. The molecular weight excluding hydrogens is 320 g/mol. The quantitative estimate of drug-likeness (QED) is 0.796. The molecule has 0 bridgehead atoms. The number of fused-ring (bicyclic) bond motifs is 1. The van der Waals surface area contributed by atoms with Gasteiger partial charge in [-0.1, -0.05) is 0 Å². The van der Waals surface area contributed by atoms with Crippen LogP contribution in [0.4, 0.5) is 8.78 Å². The lowest BCUT2D eigenvalue weighted by molar-refractivity contribution is 0.0955. The summed E-state index contributed by atoms with van der Waals surface area (Å²) in [6.45, 7) is 1.76. The molecule has 1 amide bonds. The molecule has 0 aliphatic heterocycles. The van der Waals surface area contributed by atoms with Gasteiger partial charge in [-0.15, -0.1) is 11.3 Å². The Morgan fingerprint density at radius 2 is 2.04 bits per heavy atom. The Bertz CT molecular complexity index is 927. The Balaban J connectivity index is 1.76. The number of hydrogen-bond donors (Lipinski definition) is 1. The Morgan fingerprint density at radius 1 is 1.30 bits per heavy atom. The number of rotatable bonds is 3. The third-order valence-corrected chi connectivity index (χ3v) is 4.88. The van der Waals surface area contributed by atoms with Crippen molar-refractivity contribution in [3.05, 3.63) is 46.6 Å². The fraction of sp³-hybridized carbons (Fsp3) is 0.250. The van der Waals surface area contributed by atoms with Gasteiger partial charge in [0.15, 0.2) is 11.6 Å². The zero-order valence-corrected chi connectivity index (χ0v) is 13.1. The third kappa shape index (κ3) is 2.50. The van der Waals surface area contributed by atoms with Crippen molar-refractivity contribution in [2.45, 2.75) is 25.8 Å². The Kier molecular flexibility index (Phi) is 3.19. The Labute approximate surface area is 134 Å². The van der Waals surface area contributed by atoms with Gasteiger partial charge in [-0.25, -0.2) is 13.8 Å². The van der Waals surface area contributed by atoms with Gasteiger partial charge in [0.2, 0.25) is 0 Å². The number of nitrogens with zero attached hydrogens (tertiary/aromatic N) is 2. The fourth-order valence-corrected chi connectivity index (χ4v) is 3.50. The number of amides is 1. The van der Waals surface area contributed by atoms with Crippen molar-refractivity contribution in [3.63, 3.8) is 0 Å². The molecule has 118 valence electrons. The molecule has 4 nitrogen and oxygen atoms in total. The maximum Gasteiger partial charge on any atom is 0.261 e. The minimum Gasteiger partial charge on any atom is -0.349 e. The first kappa shape index (κ1) is 14.3. The predicted octanol–water partition coefficient (Wildman–Crippen LogP) is 3.57. The highest BCUT2D eigenvalue weighted by atomic mass is 32.1. The molecule has 1 fully saturated rings. The number of benzene rings is 1. The van der Waals surface area contributed by atoms with Crippen molar-refractivity contribution in [2.24, 2.45) is 0 Å². The Hall–Kier alpha value is -2.28. The molecule has 4 rings (SSSR count). The van der Waals surface area contributed by atoms with Gasteiger partial charge in [0.05, 0.1) is 15.9 Å². The summed E-state index contributed by atoms with van der Waals surface area (Å²) in [7, 11) is 0. The van der Waals surface area contributed by atoms with Crippen LogP contribution in [0.2, 0.25) is 0 Å². The molecule has 1 aliphatic carbocycles. The van der Waals surface area contributed by atoms with Gasteiger partial charge in [0, 0.05) is 18.2 Å². The van der Waals surface area contributed by atoms with Crippen molar-refractivity contribution in [1.29, 1.82) is 0 Å². The van der Waals surface area contributed by atoms with E-state index >= 15 is 0 Å². The van der Waals surface area contributed by atoms with Crippen LogP contribution in [-0.2, 0) is 0 Å². The molecule has 1 N–H and O–H groups in total. The van der Waals surface area contributed by atoms with E-state index in [-0.39, 0.29) is 5.91 Å². The highest BCUT2D eigenvalue weighted by Crippen LogP contribution is 2.29. The van der Waals surface area contributed by atoms with E-state index in [1.54, 1.807) is 23.6 Å². The van der Waals surface area contributed by atoms with Crippen LogP contribution in [-0.4, -0.2) is 21.5 Å². The number of imidazole rings is 1. The van der Waals surface area contributed by atoms with E-state index in [1.165, 1.54) is 11.3 Å². The van der Waals surface area contributed by atoms with Gasteiger partial charge in [-0.2, -0.15) is 0 Å². The van der Waals surface area contributed by atoms with Crippen molar-refractivity contribution < 1.29 is 13.6 Å². The molecule has 1 saturated carbocycles. The van der Waals surface area contributed by atoms with Gasteiger partial charge in [0.25, 0.3) is 5.91 Å². The number of carbonyl (C=O) groups excluding carboxylic acids is 1. The monoisotopic (exact) mass is 333 g/mol. The van der Waals surface area contributed by atoms with Crippen molar-refractivity contribution in [2.75, 3.05) is 0 Å². The molecular formula is C16H13F2N3OS. The molecule has 3 aromatic rings. The van der Waals surface area contributed by atoms with Crippen LogP contribution in [0.3, 0.4) is 0 Å². The van der Waals surface area contributed by atoms with Crippen molar-refractivity contribution in [3.8, 4) is 5.00 Å². The van der Waals surface area contributed by atoms with Crippen LogP contribution in [0, 0.1) is 18.6 Å². The molecule has 7 heteroatoms. The van der Waals surface area contributed by atoms with E-state index in [0.29, 0.717) is 27.8 Å². The van der Waals surface area contributed by atoms with E-state index in [4.69, 9.17) is 0 Å². The first-order valence-corrected chi connectivity index (χ1v) is 8.10. The van der Waals surface area contributed by atoms with Crippen LogP contribution in [0.5, 0.6) is 0 Å². The number of aryl methyl sites for hydroxylation is 1. The zero-order valence-electron chi connectivity index (χ0n) is 12.3. The molecule has 1 aromatic carbocycles. The largest absolute Gasteiger partial charge is 0.349 e. The topological polar surface area (TPSA) is 46.9 Å². The van der Waals surface area contributed by atoms with Crippen LogP contribution in [0.1, 0.15) is 28.3 Å². The summed E-state index contributed by atoms with van der Waals surface area (Å²) in [4.78, 5) is 16.9. The maximum atomic E-state index is 13.6. The number of nitrogens with one attached hydrogen (secondary N) is 1. The number of hydrogen-bond acceptors (Lipinski definition) is 3. The standard InChI is InChI=1S/C16H13F2N3OS/c1-8-19-12-6-10(17)11(18)7-13(12)21(8)15-5-4-14(23-15)16(22)20-9-2-3-9/h4-7,9H,2-3H2,1H3,(H,20,22). The molecule has 0 saturated heterocycles.